The van der Waals surface area contributed by atoms with Crippen LogP contribution in [-0.4, -0.2) is 30.1 Å². The molecule has 1 aliphatic rings. The van der Waals surface area contributed by atoms with Crippen LogP contribution in [0.4, 0.5) is 0 Å². The van der Waals surface area contributed by atoms with Crippen LogP contribution in [0.3, 0.4) is 0 Å². The van der Waals surface area contributed by atoms with Crippen molar-refractivity contribution >= 4 is 17.6 Å². The van der Waals surface area contributed by atoms with Gasteiger partial charge in [-0.3, -0.25) is 9.69 Å². The Balaban J connectivity index is 2.01. The van der Waals surface area contributed by atoms with Crippen LogP contribution >= 0.6 is 11.6 Å². The SMILES string of the molecule is CCOC(=O)C1CCCN1Cc1cccc(Cl)c1. The first kappa shape index (κ1) is 13.4. The van der Waals surface area contributed by atoms with E-state index < -0.39 is 0 Å². The van der Waals surface area contributed by atoms with Gasteiger partial charge in [0, 0.05) is 11.6 Å². The molecule has 1 fully saturated rings. The van der Waals surface area contributed by atoms with Crippen molar-refractivity contribution in [1.82, 2.24) is 4.90 Å². The lowest BCUT2D eigenvalue weighted by atomic mass is 10.2. The summed E-state index contributed by atoms with van der Waals surface area (Å²) in [5.41, 5.74) is 1.14. The number of esters is 1. The second-order valence-electron chi connectivity index (χ2n) is 4.51. The topological polar surface area (TPSA) is 29.5 Å². The minimum absolute atomic E-state index is 0.0936. The predicted molar refractivity (Wildman–Crippen MR) is 71.5 cm³/mol. The van der Waals surface area contributed by atoms with Crippen molar-refractivity contribution in [3.8, 4) is 0 Å². The predicted octanol–water partition coefficient (Wildman–Crippen LogP) is 2.87. The first-order chi connectivity index (χ1) is 8.70. The minimum atomic E-state index is -0.1000. The van der Waals surface area contributed by atoms with Gasteiger partial charge in [-0.15, -0.1) is 0 Å². The Kier molecular flexibility index (Phi) is 4.61. The Bertz CT molecular complexity index is 422. The van der Waals surface area contributed by atoms with Gasteiger partial charge >= 0.3 is 5.97 Å². The molecule has 0 aromatic heterocycles. The third-order valence-electron chi connectivity index (χ3n) is 3.20. The summed E-state index contributed by atoms with van der Waals surface area (Å²) < 4.78 is 5.11. The minimum Gasteiger partial charge on any atom is -0.465 e. The molecular formula is C14H18ClNO2. The second-order valence-corrected chi connectivity index (χ2v) is 4.95. The molecule has 0 saturated carbocycles. The van der Waals surface area contributed by atoms with E-state index in [2.05, 4.69) is 4.90 Å². The lowest BCUT2D eigenvalue weighted by Gasteiger charge is -2.22. The van der Waals surface area contributed by atoms with Gasteiger partial charge in [0.1, 0.15) is 6.04 Å². The Morgan fingerprint density at radius 2 is 2.39 bits per heavy atom. The number of benzene rings is 1. The van der Waals surface area contributed by atoms with E-state index in [4.69, 9.17) is 16.3 Å². The monoisotopic (exact) mass is 267 g/mol. The maximum atomic E-state index is 11.8. The molecular weight excluding hydrogens is 250 g/mol. The van der Waals surface area contributed by atoms with Crippen LogP contribution in [0.25, 0.3) is 0 Å². The molecule has 98 valence electrons. The van der Waals surface area contributed by atoms with Crippen LogP contribution in [0.15, 0.2) is 24.3 Å². The average molecular weight is 268 g/mol. The second kappa shape index (κ2) is 6.21. The smallest absolute Gasteiger partial charge is 0.323 e. The van der Waals surface area contributed by atoms with Crippen LogP contribution in [-0.2, 0) is 16.1 Å². The fraction of sp³-hybridized carbons (Fsp3) is 0.500. The first-order valence-electron chi connectivity index (χ1n) is 6.36. The number of nitrogens with zero attached hydrogens (tertiary/aromatic N) is 1. The molecule has 0 bridgehead atoms. The summed E-state index contributed by atoms with van der Waals surface area (Å²) in [6.07, 6.45) is 1.93. The lowest BCUT2D eigenvalue weighted by molar-refractivity contribution is -0.148. The molecule has 0 aliphatic carbocycles. The molecule has 1 aliphatic heterocycles. The van der Waals surface area contributed by atoms with Gasteiger partial charge in [-0.05, 0) is 44.0 Å². The number of carbonyl (C=O) groups is 1. The fourth-order valence-corrected chi connectivity index (χ4v) is 2.60. The summed E-state index contributed by atoms with van der Waals surface area (Å²) in [7, 11) is 0. The van der Waals surface area contributed by atoms with Gasteiger partial charge in [-0.2, -0.15) is 0 Å². The highest BCUT2D eigenvalue weighted by atomic mass is 35.5. The Morgan fingerprint density at radius 3 is 3.11 bits per heavy atom. The van der Waals surface area contributed by atoms with Gasteiger partial charge in [0.25, 0.3) is 0 Å². The molecule has 1 aromatic rings. The van der Waals surface area contributed by atoms with Crippen LogP contribution in [0.5, 0.6) is 0 Å². The molecule has 2 rings (SSSR count). The zero-order valence-corrected chi connectivity index (χ0v) is 11.3. The molecule has 0 radical (unpaired) electrons. The largest absolute Gasteiger partial charge is 0.465 e. The van der Waals surface area contributed by atoms with Crippen molar-refractivity contribution in [1.29, 1.82) is 0 Å². The van der Waals surface area contributed by atoms with Gasteiger partial charge in [0.2, 0.25) is 0 Å². The standard InChI is InChI=1S/C14H18ClNO2/c1-2-18-14(17)13-7-4-8-16(13)10-11-5-3-6-12(15)9-11/h3,5-6,9,13H,2,4,7-8,10H2,1H3. The number of rotatable bonds is 4. The summed E-state index contributed by atoms with van der Waals surface area (Å²) in [4.78, 5) is 14.0. The van der Waals surface area contributed by atoms with Crippen LogP contribution < -0.4 is 0 Å². The zero-order valence-electron chi connectivity index (χ0n) is 10.6. The third-order valence-corrected chi connectivity index (χ3v) is 3.43. The quantitative estimate of drug-likeness (QED) is 0.786. The number of carbonyl (C=O) groups excluding carboxylic acids is 1. The van der Waals surface area contributed by atoms with Crippen molar-refractivity contribution in [3.05, 3.63) is 34.9 Å². The summed E-state index contributed by atoms with van der Waals surface area (Å²) in [6, 6.07) is 7.68. The molecule has 1 unspecified atom stereocenters. The third kappa shape index (κ3) is 3.24. The number of ether oxygens (including phenoxy) is 1. The van der Waals surface area contributed by atoms with Crippen LogP contribution in [0.1, 0.15) is 25.3 Å². The van der Waals surface area contributed by atoms with Gasteiger partial charge in [0.15, 0.2) is 0 Å². The van der Waals surface area contributed by atoms with E-state index in [1.54, 1.807) is 0 Å². The highest BCUT2D eigenvalue weighted by Gasteiger charge is 2.31. The van der Waals surface area contributed by atoms with E-state index in [-0.39, 0.29) is 12.0 Å². The number of hydrogen-bond donors (Lipinski definition) is 0. The Labute approximate surface area is 113 Å². The summed E-state index contributed by atoms with van der Waals surface area (Å²) in [6.45, 7) is 3.98. The summed E-state index contributed by atoms with van der Waals surface area (Å²) >= 11 is 5.97. The molecule has 3 nitrogen and oxygen atoms in total. The molecule has 1 aromatic carbocycles. The first-order valence-corrected chi connectivity index (χ1v) is 6.73. The van der Waals surface area contributed by atoms with Gasteiger partial charge in [0.05, 0.1) is 6.61 Å². The highest BCUT2D eigenvalue weighted by Crippen LogP contribution is 2.22. The summed E-state index contributed by atoms with van der Waals surface area (Å²) in [5, 5.41) is 0.736. The van der Waals surface area contributed by atoms with E-state index >= 15 is 0 Å². The average Bonchev–Trinajstić information content (AvgIpc) is 2.77. The maximum absolute atomic E-state index is 11.8. The van der Waals surface area contributed by atoms with Crippen LogP contribution in [0.2, 0.25) is 5.02 Å². The van der Waals surface area contributed by atoms with Gasteiger partial charge in [-0.25, -0.2) is 0 Å². The Morgan fingerprint density at radius 1 is 1.56 bits per heavy atom. The molecule has 18 heavy (non-hydrogen) atoms. The molecule has 4 heteroatoms. The normalized spacial score (nSPS) is 20.0. The van der Waals surface area contributed by atoms with E-state index in [1.165, 1.54) is 0 Å². The van der Waals surface area contributed by atoms with Crippen molar-refractivity contribution in [2.24, 2.45) is 0 Å². The van der Waals surface area contributed by atoms with Crippen molar-refractivity contribution in [2.75, 3.05) is 13.2 Å². The van der Waals surface area contributed by atoms with Gasteiger partial charge in [-0.1, -0.05) is 23.7 Å². The highest BCUT2D eigenvalue weighted by molar-refractivity contribution is 6.30. The van der Waals surface area contributed by atoms with Crippen molar-refractivity contribution in [3.63, 3.8) is 0 Å². The zero-order chi connectivity index (χ0) is 13.0. The fourth-order valence-electron chi connectivity index (χ4n) is 2.39. The lowest BCUT2D eigenvalue weighted by Crippen LogP contribution is -2.36. The summed E-state index contributed by atoms with van der Waals surface area (Å²) in [5.74, 6) is -0.1000. The molecule has 1 heterocycles. The maximum Gasteiger partial charge on any atom is 0.323 e. The molecule has 1 atom stereocenters. The Hall–Kier alpha value is -1.06. The van der Waals surface area contributed by atoms with Crippen molar-refractivity contribution < 1.29 is 9.53 Å². The number of halogens is 1. The molecule has 0 spiro atoms. The van der Waals surface area contributed by atoms with Crippen molar-refractivity contribution in [2.45, 2.75) is 32.4 Å². The number of likely N-dealkylation sites (tertiary alicyclic amines) is 1. The molecule has 0 amide bonds. The van der Waals surface area contributed by atoms with E-state index in [0.717, 1.165) is 36.5 Å². The van der Waals surface area contributed by atoms with E-state index in [9.17, 15) is 4.79 Å². The van der Waals surface area contributed by atoms with Crippen LogP contribution in [0, 0.1) is 0 Å². The number of hydrogen-bond acceptors (Lipinski definition) is 3. The molecule has 1 saturated heterocycles. The molecule has 0 N–H and O–H groups in total. The van der Waals surface area contributed by atoms with E-state index in [1.807, 2.05) is 31.2 Å². The van der Waals surface area contributed by atoms with Gasteiger partial charge < -0.3 is 4.74 Å². The van der Waals surface area contributed by atoms with E-state index in [0.29, 0.717) is 6.61 Å².